The normalized spacial score (nSPS) is 15.2. The van der Waals surface area contributed by atoms with E-state index in [2.05, 4.69) is 46.9 Å². The lowest BCUT2D eigenvalue weighted by Crippen LogP contribution is -2.29. The largest absolute Gasteiger partial charge is 0.339 e. The summed E-state index contributed by atoms with van der Waals surface area (Å²) < 4.78 is 15.4. The molecule has 0 unspecified atom stereocenters. The van der Waals surface area contributed by atoms with Gasteiger partial charge in [0.15, 0.2) is 0 Å². The predicted octanol–water partition coefficient (Wildman–Crippen LogP) is 4.10. The molecule has 158 valence electrons. The van der Waals surface area contributed by atoms with E-state index in [9.17, 15) is 4.57 Å². The van der Waals surface area contributed by atoms with Crippen LogP contribution in [0, 0.1) is 0 Å². The van der Waals surface area contributed by atoms with E-state index in [1.165, 1.54) is 0 Å². The van der Waals surface area contributed by atoms with Crippen LogP contribution in [0.15, 0.2) is 47.3 Å². The van der Waals surface area contributed by atoms with Crippen LogP contribution >= 0.6 is 23.1 Å². The molecule has 3 heterocycles. The Morgan fingerprint density at radius 1 is 1.17 bits per heavy atom. The van der Waals surface area contributed by atoms with Crippen molar-refractivity contribution in [1.82, 2.24) is 25.1 Å². The molecule has 0 amide bonds. The van der Waals surface area contributed by atoms with E-state index in [1.54, 1.807) is 25.7 Å². The number of halogens is 1. The zero-order valence-electron chi connectivity index (χ0n) is 17.0. The van der Waals surface area contributed by atoms with Crippen molar-refractivity contribution in [3.63, 3.8) is 0 Å². The van der Waals surface area contributed by atoms with E-state index in [0.29, 0.717) is 17.8 Å². The van der Waals surface area contributed by atoms with Gasteiger partial charge in [-0.05, 0) is 67.3 Å². The molecule has 8 nitrogen and oxygen atoms in total. The Balaban J connectivity index is 1.53. The van der Waals surface area contributed by atoms with E-state index in [-0.39, 0.29) is 0 Å². The highest BCUT2D eigenvalue weighted by Crippen LogP contribution is 2.38. The fourth-order valence-corrected chi connectivity index (χ4v) is 4.94. The summed E-state index contributed by atoms with van der Waals surface area (Å²) in [6.45, 7) is 5.55. The molecule has 3 N–H and O–H groups in total. The van der Waals surface area contributed by atoms with Crippen molar-refractivity contribution >= 4 is 51.5 Å². The highest BCUT2D eigenvalue weighted by molar-refractivity contribution is 9.10. The van der Waals surface area contributed by atoms with Crippen LogP contribution in [-0.4, -0.2) is 46.2 Å². The number of nitrogens with one attached hydrogen (secondary N) is 3. The Kier molecular flexibility index (Phi) is 6.22. The van der Waals surface area contributed by atoms with Gasteiger partial charge in [-0.2, -0.15) is 10.1 Å². The number of nitrogens with zero attached hydrogens (tertiary/aromatic N) is 4. The van der Waals surface area contributed by atoms with Gasteiger partial charge >= 0.3 is 0 Å². The van der Waals surface area contributed by atoms with Crippen LogP contribution in [0.2, 0.25) is 0 Å². The molecule has 0 bridgehead atoms. The van der Waals surface area contributed by atoms with Gasteiger partial charge in [0.05, 0.1) is 28.1 Å². The quantitative estimate of drug-likeness (QED) is 0.448. The van der Waals surface area contributed by atoms with Gasteiger partial charge in [0.25, 0.3) is 0 Å². The predicted molar refractivity (Wildman–Crippen MR) is 125 cm³/mol. The molecule has 2 aromatic heterocycles. The average molecular weight is 490 g/mol. The summed E-state index contributed by atoms with van der Waals surface area (Å²) in [6, 6.07) is 8.00. The minimum atomic E-state index is -2.44. The third-order valence-corrected chi connectivity index (χ3v) is 7.15. The second-order valence-corrected chi connectivity index (χ2v) is 11.7. The Morgan fingerprint density at radius 3 is 2.70 bits per heavy atom. The molecule has 1 saturated heterocycles. The van der Waals surface area contributed by atoms with Gasteiger partial charge in [-0.3, -0.25) is 4.68 Å². The number of piperidine rings is 1. The Morgan fingerprint density at radius 2 is 1.93 bits per heavy atom. The molecule has 10 heteroatoms. The lowest BCUT2D eigenvalue weighted by Gasteiger charge is -2.22. The number of benzene rings is 1. The maximum Gasteiger partial charge on any atom is 0.229 e. The van der Waals surface area contributed by atoms with Crippen LogP contribution in [-0.2, 0) is 4.57 Å². The van der Waals surface area contributed by atoms with Crippen molar-refractivity contribution in [2.24, 2.45) is 0 Å². The summed E-state index contributed by atoms with van der Waals surface area (Å²) in [7, 11) is -2.44. The van der Waals surface area contributed by atoms with Gasteiger partial charge in [0, 0.05) is 17.7 Å². The molecular weight excluding hydrogens is 465 g/mol. The molecule has 1 aliphatic rings. The molecule has 0 saturated carbocycles. The Labute approximate surface area is 184 Å². The van der Waals surface area contributed by atoms with Crippen LogP contribution in [0.5, 0.6) is 0 Å². The minimum absolute atomic E-state index is 0.417. The fourth-order valence-electron chi connectivity index (χ4n) is 3.49. The van der Waals surface area contributed by atoms with Crippen molar-refractivity contribution in [3.05, 3.63) is 47.3 Å². The van der Waals surface area contributed by atoms with Crippen molar-refractivity contribution < 1.29 is 4.57 Å². The molecule has 1 fully saturated rings. The molecule has 30 heavy (non-hydrogen) atoms. The SMILES string of the molecule is CP(C)(=O)c1ccccc1Nc1nc(Nc2cnn(C3CCNCC3)c2)ncc1Br. The van der Waals surface area contributed by atoms with Gasteiger partial charge in [0.2, 0.25) is 5.95 Å². The molecule has 0 atom stereocenters. The van der Waals surface area contributed by atoms with Crippen molar-refractivity contribution in [2.75, 3.05) is 37.1 Å². The minimum Gasteiger partial charge on any atom is -0.339 e. The summed E-state index contributed by atoms with van der Waals surface area (Å²) in [5.74, 6) is 1.05. The standard InChI is InChI=1S/C20H25BrN7OP/c1-30(2,29)18-6-4-3-5-17(18)26-19-16(21)12-23-20(27-19)25-14-11-24-28(13-14)15-7-9-22-10-8-15/h3-6,11-13,15,22H,7-10H2,1-2H3,(H2,23,25,26,27). The molecule has 1 aliphatic heterocycles. The number of rotatable bonds is 6. The molecular formula is C20H25BrN7OP. The highest BCUT2D eigenvalue weighted by atomic mass is 79.9. The lowest BCUT2D eigenvalue weighted by molar-refractivity contribution is 0.343. The molecule has 0 aliphatic carbocycles. The van der Waals surface area contributed by atoms with E-state index in [0.717, 1.165) is 47.1 Å². The first-order valence-electron chi connectivity index (χ1n) is 9.86. The molecule has 0 spiro atoms. The monoisotopic (exact) mass is 489 g/mol. The highest BCUT2D eigenvalue weighted by Gasteiger charge is 2.18. The first-order chi connectivity index (χ1) is 14.4. The summed E-state index contributed by atoms with van der Waals surface area (Å²) in [4.78, 5) is 8.95. The second-order valence-electron chi connectivity index (χ2n) is 7.70. The summed E-state index contributed by atoms with van der Waals surface area (Å²) >= 11 is 3.50. The van der Waals surface area contributed by atoms with E-state index in [4.69, 9.17) is 0 Å². The number of hydrogen-bond donors (Lipinski definition) is 3. The summed E-state index contributed by atoms with van der Waals surface area (Å²) in [5, 5.41) is 15.2. The van der Waals surface area contributed by atoms with Gasteiger partial charge in [-0.1, -0.05) is 12.1 Å². The summed E-state index contributed by atoms with van der Waals surface area (Å²) in [6.07, 6.45) is 7.62. The molecule has 0 radical (unpaired) electrons. The van der Waals surface area contributed by atoms with E-state index >= 15 is 0 Å². The van der Waals surface area contributed by atoms with Gasteiger partial charge < -0.3 is 20.5 Å². The average Bonchev–Trinajstić information content (AvgIpc) is 3.19. The van der Waals surface area contributed by atoms with Crippen LogP contribution in [0.4, 0.5) is 23.1 Å². The molecule has 3 aromatic rings. The number of para-hydroxylation sites is 1. The van der Waals surface area contributed by atoms with Gasteiger partial charge in [-0.25, -0.2) is 4.98 Å². The van der Waals surface area contributed by atoms with Crippen molar-refractivity contribution in [1.29, 1.82) is 0 Å². The van der Waals surface area contributed by atoms with Gasteiger partial charge in [-0.15, -0.1) is 0 Å². The topological polar surface area (TPSA) is 96.8 Å². The first kappa shape index (κ1) is 21.0. The number of hydrogen-bond acceptors (Lipinski definition) is 7. The third-order valence-electron chi connectivity index (χ3n) is 5.02. The third kappa shape index (κ3) is 4.91. The van der Waals surface area contributed by atoms with E-state index in [1.807, 2.05) is 35.1 Å². The van der Waals surface area contributed by atoms with Crippen LogP contribution in [0.1, 0.15) is 18.9 Å². The zero-order chi connectivity index (χ0) is 21.1. The fraction of sp³-hybridized carbons (Fsp3) is 0.350. The van der Waals surface area contributed by atoms with Crippen molar-refractivity contribution in [3.8, 4) is 0 Å². The van der Waals surface area contributed by atoms with Crippen LogP contribution in [0.3, 0.4) is 0 Å². The Hall–Kier alpha value is -2.22. The first-order valence-corrected chi connectivity index (χ1v) is 13.3. The number of anilines is 4. The molecule has 4 rings (SSSR count). The Bertz CT molecular complexity index is 1070. The van der Waals surface area contributed by atoms with Crippen LogP contribution in [0.25, 0.3) is 0 Å². The lowest BCUT2D eigenvalue weighted by atomic mass is 10.1. The summed E-state index contributed by atoms with van der Waals surface area (Å²) in [5.41, 5.74) is 1.61. The molecule has 1 aromatic carbocycles. The van der Waals surface area contributed by atoms with Gasteiger partial charge in [0.1, 0.15) is 13.0 Å². The maximum atomic E-state index is 12.6. The van der Waals surface area contributed by atoms with Crippen molar-refractivity contribution in [2.45, 2.75) is 18.9 Å². The van der Waals surface area contributed by atoms with E-state index < -0.39 is 7.14 Å². The maximum absolute atomic E-state index is 12.6. The second kappa shape index (κ2) is 8.88. The smallest absolute Gasteiger partial charge is 0.229 e. The zero-order valence-corrected chi connectivity index (χ0v) is 19.4. The van der Waals surface area contributed by atoms with Crippen LogP contribution < -0.4 is 21.3 Å². The number of aromatic nitrogens is 4.